The van der Waals surface area contributed by atoms with Gasteiger partial charge in [-0.15, -0.1) is 5.10 Å². The second kappa shape index (κ2) is 10.3. The van der Waals surface area contributed by atoms with Crippen molar-refractivity contribution in [3.05, 3.63) is 35.7 Å². The third-order valence-electron chi connectivity index (χ3n) is 5.17. The molecule has 1 aromatic heterocycles. The van der Waals surface area contributed by atoms with Gasteiger partial charge in [0, 0.05) is 24.7 Å². The molecule has 1 saturated carbocycles. The summed E-state index contributed by atoms with van der Waals surface area (Å²) in [7, 11) is 0. The van der Waals surface area contributed by atoms with Gasteiger partial charge in [0.15, 0.2) is 5.82 Å². The molecule has 1 aliphatic carbocycles. The number of nitrogens with two attached hydrogens (primary N) is 1. The van der Waals surface area contributed by atoms with Gasteiger partial charge in [-0.1, -0.05) is 25.0 Å². The highest BCUT2D eigenvalue weighted by atomic mass is 16.5. The zero-order chi connectivity index (χ0) is 21.5. The molecule has 10 nitrogen and oxygen atoms in total. The molecule has 3 unspecified atom stereocenters. The summed E-state index contributed by atoms with van der Waals surface area (Å²) < 4.78 is 6.49. The average Bonchev–Trinajstić information content (AvgIpc) is 3.15. The SMILES string of the molecule is CCOC(=O)Cn1nnnc1C(NC1CCCCC1N)c1ccc(NC(C)=O)cc1. The smallest absolute Gasteiger partial charge is 0.327 e. The van der Waals surface area contributed by atoms with Crippen LogP contribution in [0.3, 0.4) is 0 Å². The van der Waals surface area contributed by atoms with Gasteiger partial charge in [-0.25, -0.2) is 4.68 Å². The first-order valence-electron chi connectivity index (χ1n) is 10.3. The molecular formula is C20H29N7O3. The second-order valence-corrected chi connectivity index (χ2v) is 7.46. The molecule has 30 heavy (non-hydrogen) atoms. The molecule has 4 N–H and O–H groups in total. The Kier molecular flexibility index (Phi) is 7.47. The van der Waals surface area contributed by atoms with E-state index in [0.717, 1.165) is 31.2 Å². The number of benzene rings is 1. The number of aromatic nitrogens is 4. The molecule has 10 heteroatoms. The molecule has 1 heterocycles. The minimum absolute atomic E-state index is 0.0364. The van der Waals surface area contributed by atoms with E-state index < -0.39 is 5.97 Å². The number of anilines is 1. The summed E-state index contributed by atoms with van der Waals surface area (Å²) in [5.41, 5.74) is 7.96. The zero-order valence-electron chi connectivity index (χ0n) is 17.4. The van der Waals surface area contributed by atoms with Crippen LogP contribution in [0.15, 0.2) is 24.3 Å². The highest BCUT2D eigenvalue weighted by Gasteiger charge is 2.29. The maximum atomic E-state index is 12.0. The van der Waals surface area contributed by atoms with Crippen molar-refractivity contribution < 1.29 is 14.3 Å². The maximum Gasteiger partial charge on any atom is 0.327 e. The Morgan fingerprint density at radius 3 is 2.67 bits per heavy atom. The Morgan fingerprint density at radius 1 is 1.27 bits per heavy atom. The fraction of sp³-hybridized carbons (Fsp3) is 0.550. The number of esters is 1. The number of amides is 1. The first-order chi connectivity index (χ1) is 14.5. The molecule has 1 fully saturated rings. The van der Waals surface area contributed by atoms with Crippen LogP contribution in [0.4, 0.5) is 5.69 Å². The van der Waals surface area contributed by atoms with Crippen molar-refractivity contribution in [3.8, 4) is 0 Å². The monoisotopic (exact) mass is 415 g/mol. The van der Waals surface area contributed by atoms with Crippen molar-refractivity contribution in [2.24, 2.45) is 5.73 Å². The number of ether oxygens (including phenoxy) is 1. The summed E-state index contributed by atoms with van der Waals surface area (Å²) >= 11 is 0. The van der Waals surface area contributed by atoms with Crippen LogP contribution < -0.4 is 16.4 Å². The van der Waals surface area contributed by atoms with Crippen molar-refractivity contribution in [1.82, 2.24) is 25.5 Å². The Labute approximate surface area is 175 Å². The van der Waals surface area contributed by atoms with Crippen LogP contribution in [0, 0.1) is 0 Å². The molecule has 0 saturated heterocycles. The van der Waals surface area contributed by atoms with Gasteiger partial charge < -0.3 is 15.8 Å². The fourth-order valence-corrected chi connectivity index (χ4v) is 3.72. The maximum absolute atomic E-state index is 12.0. The number of carbonyl (C=O) groups excluding carboxylic acids is 2. The lowest BCUT2D eigenvalue weighted by molar-refractivity contribution is -0.144. The van der Waals surface area contributed by atoms with E-state index in [1.54, 1.807) is 6.92 Å². The van der Waals surface area contributed by atoms with Gasteiger partial charge in [0.25, 0.3) is 0 Å². The number of carbonyl (C=O) groups is 2. The lowest BCUT2D eigenvalue weighted by atomic mass is 9.89. The number of nitrogens with one attached hydrogen (secondary N) is 2. The van der Waals surface area contributed by atoms with Gasteiger partial charge >= 0.3 is 5.97 Å². The van der Waals surface area contributed by atoms with E-state index in [1.165, 1.54) is 11.6 Å². The average molecular weight is 415 g/mol. The van der Waals surface area contributed by atoms with E-state index in [-0.39, 0.29) is 30.6 Å². The van der Waals surface area contributed by atoms with Crippen LogP contribution in [-0.2, 0) is 20.9 Å². The third-order valence-corrected chi connectivity index (χ3v) is 5.17. The molecule has 162 valence electrons. The van der Waals surface area contributed by atoms with Crippen LogP contribution in [0.25, 0.3) is 0 Å². The number of rotatable bonds is 8. The quantitative estimate of drug-likeness (QED) is 0.546. The topological polar surface area (TPSA) is 137 Å². The molecule has 0 radical (unpaired) electrons. The predicted octanol–water partition coefficient (Wildman–Crippen LogP) is 1.14. The summed E-state index contributed by atoms with van der Waals surface area (Å²) in [6.07, 6.45) is 4.14. The van der Waals surface area contributed by atoms with Crippen LogP contribution in [0.5, 0.6) is 0 Å². The minimum Gasteiger partial charge on any atom is -0.465 e. The largest absolute Gasteiger partial charge is 0.465 e. The number of tetrazole rings is 1. The van der Waals surface area contributed by atoms with Crippen molar-refractivity contribution in [2.45, 2.75) is 64.2 Å². The molecule has 1 amide bonds. The van der Waals surface area contributed by atoms with Crippen LogP contribution in [0.1, 0.15) is 57.0 Å². The van der Waals surface area contributed by atoms with Gasteiger partial charge in [-0.05, 0) is 47.9 Å². The van der Waals surface area contributed by atoms with Crippen molar-refractivity contribution >= 4 is 17.6 Å². The van der Waals surface area contributed by atoms with Gasteiger partial charge in [0.2, 0.25) is 5.91 Å². The molecular weight excluding hydrogens is 386 g/mol. The predicted molar refractivity (Wildman–Crippen MR) is 110 cm³/mol. The molecule has 0 spiro atoms. The minimum atomic E-state index is -0.403. The summed E-state index contributed by atoms with van der Waals surface area (Å²) in [4.78, 5) is 23.3. The van der Waals surface area contributed by atoms with E-state index in [4.69, 9.17) is 10.5 Å². The summed E-state index contributed by atoms with van der Waals surface area (Å²) in [6.45, 7) is 3.44. The number of hydrogen-bond acceptors (Lipinski definition) is 8. The molecule has 2 aromatic rings. The summed E-state index contributed by atoms with van der Waals surface area (Å²) in [6, 6.07) is 7.23. The van der Waals surface area contributed by atoms with Crippen molar-refractivity contribution in [1.29, 1.82) is 0 Å². The molecule has 0 aliphatic heterocycles. The Bertz CT molecular complexity index is 852. The lowest BCUT2D eigenvalue weighted by Gasteiger charge is -2.33. The Morgan fingerprint density at radius 2 is 2.00 bits per heavy atom. The first kappa shape index (κ1) is 21.8. The number of hydrogen-bond donors (Lipinski definition) is 3. The highest BCUT2D eigenvalue weighted by Crippen LogP contribution is 2.26. The van der Waals surface area contributed by atoms with Gasteiger partial charge in [0.05, 0.1) is 12.6 Å². The van der Waals surface area contributed by atoms with E-state index in [2.05, 4.69) is 26.2 Å². The van der Waals surface area contributed by atoms with Gasteiger partial charge in [-0.3, -0.25) is 14.9 Å². The second-order valence-electron chi connectivity index (χ2n) is 7.46. The fourth-order valence-electron chi connectivity index (χ4n) is 3.72. The standard InChI is InChI=1S/C20H29N7O3/c1-3-30-18(29)12-27-20(24-25-26-27)19(23-17-7-5-4-6-16(17)21)14-8-10-15(11-9-14)22-13(2)28/h8-11,16-17,19,23H,3-7,12,21H2,1-2H3,(H,22,28). The third kappa shape index (κ3) is 5.61. The molecule has 3 rings (SSSR count). The Balaban J connectivity index is 1.89. The van der Waals surface area contributed by atoms with Crippen LogP contribution in [0.2, 0.25) is 0 Å². The lowest BCUT2D eigenvalue weighted by Crippen LogP contribution is -2.49. The normalized spacial score (nSPS) is 19.8. The first-order valence-corrected chi connectivity index (χ1v) is 10.3. The highest BCUT2D eigenvalue weighted by molar-refractivity contribution is 5.88. The van der Waals surface area contributed by atoms with Crippen molar-refractivity contribution in [2.75, 3.05) is 11.9 Å². The molecule has 0 bridgehead atoms. The van der Waals surface area contributed by atoms with E-state index in [0.29, 0.717) is 18.1 Å². The molecule has 3 atom stereocenters. The Hall–Kier alpha value is -2.85. The van der Waals surface area contributed by atoms with Crippen LogP contribution in [-0.4, -0.2) is 50.8 Å². The van der Waals surface area contributed by atoms with Crippen LogP contribution >= 0.6 is 0 Å². The van der Waals surface area contributed by atoms with Gasteiger partial charge in [0.1, 0.15) is 6.54 Å². The summed E-state index contributed by atoms with van der Waals surface area (Å²) in [5, 5.41) is 18.3. The van der Waals surface area contributed by atoms with E-state index in [1.807, 2.05) is 24.3 Å². The molecule has 1 aromatic carbocycles. The zero-order valence-corrected chi connectivity index (χ0v) is 17.4. The van der Waals surface area contributed by atoms with Crippen molar-refractivity contribution in [3.63, 3.8) is 0 Å². The number of nitrogens with zero attached hydrogens (tertiary/aromatic N) is 4. The van der Waals surface area contributed by atoms with E-state index in [9.17, 15) is 9.59 Å². The van der Waals surface area contributed by atoms with E-state index >= 15 is 0 Å². The van der Waals surface area contributed by atoms with Gasteiger partial charge in [-0.2, -0.15) is 0 Å². The summed E-state index contributed by atoms with van der Waals surface area (Å²) in [5.74, 6) is -0.0303. The molecule has 1 aliphatic rings.